The van der Waals surface area contributed by atoms with E-state index in [2.05, 4.69) is 4.90 Å². The maximum absolute atomic E-state index is 13.5. The van der Waals surface area contributed by atoms with Gasteiger partial charge in [0.2, 0.25) is 5.91 Å². The monoisotopic (exact) mass is 507 g/mol. The van der Waals surface area contributed by atoms with Crippen LogP contribution in [0.3, 0.4) is 0 Å². The van der Waals surface area contributed by atoms with E-state index >= 15 is 0 Å². The zero-order chi connectivity index (χ0) is 25.5. The Labute approximate surface area is 208 Å². The average Bonchev–Trinajstić information content (AvgIpc) is 2.94. The fourth-order valence-electron chi connectivity index (χ4n) is 4.79. The summed E-state index contributed by atoms with van der Waals surface area (Å²) in [5, 5.41) is 9.20. The van der Waals surface area contributed by atoms with E-state index in [0.29, 0.717) is 26.2 Å². The van der Waals surface area contributed by atoms with Crippen LogP contribution in [0.2, 0.25) is 0 Å². The molecule has 2 saturated heterocycles. The molecular formula is C24H28F3N5O2S. The van der Waals surface area contributed by atoms with Crippen molar-refractivity contribution in [3.8, 4) is 6.07 Å². The molecular weight excluding hydrogens is 479 g/mol. The molecule has 1 aromatic rings. The number of anilines is 1. The molecule has 1 saturated carbocycles. The fraction of sp³-hybridized carbons (Fsp3) is 0.583. The molecule has 0 spiro atoms. The third kappa shape index (κ3) is 4.74. The van der Waals surface area contributed by atoms with E-state index < -0.39 is 28.7 Å². The SMILES string of the molecule is CC1(C)C(=O)N(c2ccc(C#N)c(C(F)(F)F)c2)C(=S)N1CCN1CCN(C(=O)C2CCC2)CC1. The minimum Gasteiger partial charge on any atom is -0.340 e. The molecule has 0 N–H and O–H groups in total. The van der Waals surface area contributed by atoms with Gasteiger partial charge in [0.1, 0.15) is 5.54 Å². The minimum absolute atomic E-state index is 0.00924. The highest BCUT2D eigenvalue weighted by Gasteiger charge is 2.50. The van der Waals surface area contributed by atoms with Crippen LogP contribution < -0.4 is 4.90 Å². The Morgan fingerprint density at radius 1 is 1.17 bits per heavy atom. The van der Waals surface area contributed by atoms with Gasteiger partial charge in [-0.25, -0.2) is 0 Å². The Morgan fingerprint density at radius 2 is 1.83 bits per heavy atom. The maximum atomic E-state index is 13.5. The minimum atomic E-state index is -4.73. The van der Waals surface area contributed by atoms with Crippen LogP contribution in [0.5, 0.6) is 0 Å². The number of halogens is 3. The number of carbonyl (C=O) groups excluding carboxylic acids is 2. The first-order chi connectivity index (χ1) is 16.4. The summed E-state index contributed by atoms with van der Waals surface area (Å²) < 4.78 is 40.4. The van der Waals surface area contributed by atoms with Crippen LogP contribution in [-0.2, 0) is 15.8 Å². The van der Waals surface area contributed by atoms with E-state index in [-0.39, 0.29) is 22.6 Å². The van der Waals surface area contributed by atoms with Crippen molar-refractivity contribution in [1.29, 1.82) is 5.26 Å². The van der Waals surface area contributed by atoms with Gasteiger partial charge in [-0.3, -0.25) is 19.4 Å². The lowest BCUT2D eigenvalue weighted by Crippen LogP contribution is -2.53. The Bertz CT molecular complexity index is 1070. The van der Waals surface area contributed by atoms with Crippen LogP contribution in [-0.4, -0.2) is 76.4 Å². The van der Waals surface area contributed by atoms with E-state index in [4.69, 9.17) is 17.5 Å². The number of thiocarbonyl (C=S) groups is 1. The molecule has 0 aromatic heterocycles. The van der Waals surface area contributed by atoms with Crippen molar-refractivity contribution in [2.75, 3.05) is 44.2 Å². The number of rotatable bonds is 5. The first-order valence-electron chi connectivity index (χ1n) is 11.7. The third-order valence-electron chi connectivity index (χ3n) is 7.29. The molecule has 1 aromatic carbocycles. The highest BCUT2D eigenvalue weighted by atomic mass is 32.1. The highest BCUT2D eigenvalue weighted by molar-refractivity contribution is 7.80. The zero-order valence-electron chi connectivity index (χ0n) is 19.8. The summed E-state index contributed by atoms with van der Waals surface area (Å²) in [5.74, 6) is 0.0114. The maximum Gasteiger partial charge on any atom is 0.417 e. The first-order valence-corrected chi connectivity index (χ1v) is 12.1. The van der Waals surface area contributed by atoms with Crippen LogP contribution >= 0.6 is 12.2 Å². The molecule has 2 heterocycles. The lowest BCUT2D eigenvalue weighted by Gasteiger charge is -2.39. The number of amides is 2. The largest absolute Gasteiger partial charge is 0.417 e. The average molecular weight is 508 g/mol. The van der Waals surface area contributed by atoms with Gasteiger partial charge in [-0.1, -0.05) is 6.42 Å². The van der Waals surface area contributed by atoms with Gasteiger partial charge in [0.05, 0.1) is 22.9 Å². The molecule has 3 fully saturated rings. The summed E-state index contributed by atoms with van der Waals surface area (Å²) >= 11 is 5.55. The topological polar surface area (TPSA) is 70.9 Å². The van der Waals surface area contributed by atoms with Gasteiger partial charge < -0.3 is 9.80 Å². The molecule has 2 amide bonds. The molecule has 0 radical (unpaired) electrons. The highest BCUT2D eigenvalue weighted by Crippen LogP contribution is 2.38. The molecule has 0 unspecified atom stereocenters. The molecule has 35 heavy (non-hydrogen) atoms. The molecule has 2 aliphatic heterocycles. The summed E-state index contributed by atoms with van der Waals surface area (Å²) in [6.07, 6.45) is -1.65. The van der Waals surface area contributed by atoms with E-state index in [0.717, 1.165) is 49.4 Å². The van der Waals surface area contributed by atoms with Gasteiger partial charge in [0, 0.05) is 45.2 Å². The Balaban J connectivity index is 1.43. The summed E-state index contributed by atoms with van der Waals surface area (Å²) in [7, 11) is 0. The predicted octanol–water partition coefficient (Wildman–Crippen LogP) is 3.23. The number of nitriles is 1. The Morgan fingerprint density at radius 3 is 2.37 bits per heavy atom. The van der Waals surface area contributed by atoms with Gasteiger partial charge >= 0.3 is 6.18 Å². The summed E-state index contributed by atoms with van der Waals surface area (Å²) in [5.41, 5.74) is -2.65. The predicted molar refractivity (Wildman–Crippen MR) is 127 cm³/mol. The number of carbonyl (C=O) groups is 2. The standard InChI is InChI=1S/C24H28F3N5O2S/c1-23(2)21(34)32(18-7-6-17(15-28)19(14-18)24(25,26)27)22(35)31(23)13-10-29-8-11-30(12-9-29)20(33)16-4-3-5-16/h6-7,14,16H,3-5,8-13H2,1-2H3. The quantitative estimate of drug-likeness (QED) is 0.570. The number of hydrogen-bond donors (Lipinski definition) is 0. The van der Waals surface area contributed by atoms with Crippen molar-refractivity contribution >= 4 is 34.8 Å². The summed E-state index contributed by atoms with van der Waals surface area (Å²) in [6.45, 7) is 7.21. The second kappa shape index (κ2) is 9.39. The molecule has 11 heteroatoms. The van der Waals surface area contributed by atoms with Gasteiger partial charge in [-0.05, 0) is 57.1 Å². The number of alkyl halides is 3. The summed E-state index contributed by atoms with van der Waals surface area (Å²) in [4.78, 5) is 32.7. The van der Waals surface area contributed by atoms with E-state index in [1.54, 1.807) is 24.8 Å². The molecule has 0 atom stereocenters. The number of hydrogen-bond acceptors (Lipinski definition) is 5. The third-order valence-corrected chi connectivity index (χ3v) is 7.69. The molecule has 1 aliphatic carbocycles. The van der Waals surface area contributed by atoms with Crippen molar-refractivity contribution in [2.45, 2.75) is 44.8 Å². The van der Waals surface area contributed by atoms with Crippen molar-refractivity contribution < 1.29 is 22.8 Å². The van der Waals surface area contributed by atoms with E-state index in [1.165, 1.54) is 6.07 Å². The van der Waals surface area contributed by atoms with Gasteiger partial charge in [0.15, 0.2) is 5.11 Å². The molecule has 7 nitrogen and oxygen atoms in total. The van der Waals surface area contributed by atoms with Gasteiger partial charge in [-0.2, -0.15) is 18.4 Å². The first kappa shape index (κ1) is 25.4. The summed E-state index contributed by atoms with van der Waals surface area (Å²) in [6, 6.07) is 4.74. The lowest BCUT2D eigenvalue weighted by atomic mass is 9.84. The van der Waals surface area contributed by atoms with E-state index in [1.807, 2.05) is 4.90 Å². The molecule has 0 bridgehead atoms. The normalized spacial score (nSPS) is 21.3. The van der Waals surface area contributed by atoms with Crippen LogP contribution in [0.15, 0.2) is 18.2 Å². The van der Waals surface area contributed by atoms with Crippen LogP contribution in [0.4, 0.5) is 18.9 Å². The Hall–Kier alpha value is -2.71. The molecule has 4 rings (SSSR count). The number of benzene rings is 1. The van der Waals surface area contributed by atoms with Crippen molar-refractivity contribution in [2.24, 2.45) is 5.92 Å². The van der Waals surface area contributed by atoms with Crippen molar-refractivity contribution in [3.63, 3.8) is 0 Å². The second-order valence-electron chi connectivity index (χ2n) is 9.77. The molecule has 188 valence electrons. The molecule has 3 aliphatic rings. The van der Waals surface area contributed by atoms with E-state index in [9.17, 15) is 22.8 Å². The van der Waals surface area contributed by atoms with Crippen LogP contribution in [0.25, 0.3) is 0 Å². The lowest BCUT2D eigenvalue weighted by molar-refractivity contribution is -0.140. The number of nitrogens with zero attached hydrogens (tertiary/aromatic N) is 5. The van der Waals surface area contributed by atoms with Crippen molar-refractivity contribution in [3.05, 3.63) is 29.3 Å². The Kier molecular flexibility index (Phi) is 6.81. The van der Waals surface area contributed by atoms with Gasteiger partial charge in [0.25, 0.3) is 5.91 Å². The van der Waals surface area contributed by atoms with Crippen LogP contribution in [0, 0.1) is 17.2 Å². The van der Waals surface area contributed by atoms with Gasteiger partial charge in [-0.15, -0.1) is 0 Å². The van der Waals surface area contributed by atoms with Crippen LogP contribution in [0.1, 0.15) is 44.2 Å². The zero-order valence-corrected chi connectivity index (χ0v) is 20.6. The fourth-order valence-corrected chi connectivity index (χ4v) is 5.30. The smallest absolute Gasteiger partial charge is 0.340 e. The number of piperazine rings is 1. The second-order valence-corrected chi connectivity index (χ2v) is 10.1. The van der Waals surface area contributed by atoms with Crippen molar-refractivity contribution in [1.82, 2.24) is 14.7 Å².